The molecule has 2 N–H and O–H groups in total. The van der Waals surface area contributed by atoms with Gasteiger partial charge in [0.1, 0.15) is 0 Å². The van der Waals surface area contributed by atoms with Crippen LogP contribution in [0.4, 0.5) is 0 Å². The van der Waals surface area contributed by atoms with E-state index in [0.717, 1.165) is 13.8 Å². The van der Waals surface area contributed by atoms with Crippen molar-refractivity contribution in [2.45, 2.75) is 12.8 Å². The van der Waals surface area contributed by atoms with Gasteiger partial charge in [0.2, 0.25) is 0 Å². The molecule has 0 radical (unpaired) electrons. The Morgan fingerprint density at radius 1 is 1.12 bits per heavy atom. The van der Waals surface area contributed by atoms with Crippen molar-refractivity contribution < 1.29 is 10.2 Å². The summed E-state index contributed by atoms with van der Waals surface area (Å²) in [5.74, 6) is 0. The third-order valence-electron chi connectivity index (χ3n) is 1.66. The topological polar surface area (TPSA) is 66.2 Å². The number of nitrogens with zero attached hydrogens (tertiary/aromatic N) is 2. The fourth-order valence-electron chi connectivity index (χ4n) is 0.971. The zero-order valence-corrected chi connectivity index (χ0v) is 12.3. The first kappa shape index (κ1) is 14.7. The predicted molar refractivity (Wildman–Crippen MR) is 73.5 cm³/mol. The first-order chi connectivity index (χ1) is 8.26. The number of aromatic nitrogens is 2. The Kier molecular flexibility index (Phi) is 7.54. The maximum atomic E-state index is 8.48. The summed E-state index contributed by atoms with van der Waals surface area (Å²) >= 11 is 6.41. The standard InChI is InChI=1S/C5H6BrNOS.C5H7NOS/c6-4-3-7-5(9-4)1-2-8;7-3-1-5-6-2-4-8-5/h3,8H,1-2H2;2,4,7H,1,3H2. The van der Waals surface area contributed by atoms with Gasteiger partial charge in [0, 0.05) is 37.6 Å². The molecule has 0 unspecified atom stereocenters. The lowest BCUT2D eigenvalue weighted by Crippen LogP contribution is -1.87. The molecule has 0 aliphatic heterocycles. The molecule has 2 aromatic heterocycles. The van der Waals surface area contributed by atoms with Crippen molar-refractivity contribution in [1.82, 2.24) is 9.97 Å². The van der Waals surface area contributed by atoms with Gasteiger partial charge in [-0.3, -0.25) is 0 Å². The fourth-order valence-corrected chi connectivity index (χ4v) is 2.87. The summed E-state index contributed by atoms with van der Waals surface area (Å²) in [6, 6.07) is 0. The molecular weight excluding hydrogens is 324 g/mol. The van der Waals surface area contributed by atoms with E-state index < -0.39 is 0 Å². The number of aliphatic hydroxyl groups excluding tert-OH is 2. The quantitative estimate of drug-likeness (QED) is 0.897. The van der Waals surface area contributed by atoms with Crippen LogP contribution in [0.15, 0.2) is 21.6 Å². The number of rotatable bonds is 4. The highest BCUT2D eigenvalue weighted by Crippen LogP contribution is 2.18. The molecule has 0 atom stereocenters. The normalized spacial score (nSPS) is 9.82. The molecule has 0 spiro atoms. The number of hydrogen-bond donors (Lipinski definition) is 2. The number of halogens is 1. The van der Waals surface area contributed by atoms with Crippen LogP contribution >= 0.6 is 38.6 Å². The van der Waals surface area contributed by atoms with Gasteiger partial charge < -0.3 is 10.2 Å². The second kappa shape index (κ2) is 8.71. The van der Waals surface area contributed by atoms with Crippen molar-refractivity contribution >= 4 is 38.6 Å². The van der Waals surface area contributed by atoms with Gasteiger partial charge in [0.15, 0.2) is 0 Å². The molecule has 0 saturated heterocycles. The Morgan fingerprint density at radius 2 is 1.82 bits per heavy atom. The lowest BCUT2D eigenvalue weighted by Gasteiger charge is -1.84. The highest BCUT2D eigenvalue weighted by molar-refractivity contribution is 9.11. The van der Waals surface area contributed by atoms with Gasteiger partial charge >= 0.3 is 0 Å². The van der Waals surface area contributed by atoms with Crippen molar-refractivity contribution in [3.63, 3.8) is 0 Å². The van der Waals surface area contributed by atoms with Crippen LogP contribution in [0.25, 0.3) is 0 Å². The van der Waals surface area contributed by atoms with Gasteiger partial charge in [-0.2, -0.15) is 0 Å². The second-order valence-corrected chi connectivity index (χ2v) is 6.40. The molecule has 17 heavy (non-hydrogen) atoms. The van der Waals surface area contributed by atoms with Gasteiger partial charge in [-0.1, -0.05) is 0 Å². The van der Waals surface area contributed by atoms with E-state index in [1.165, 1.54) is 0 Å². The van der Waals surface area contributed by atoms with E-state index in [4.69, 9.17) is 10.2 Å². The van der Waals surface area contributed by atoms with Gasteiger partial charge in [0.05, 0.1) is 20.0 Å². The molecule has 2 rings (SSSR count). The fraction of sp³-hybridized carbons (Fsp3) is 0.400. The van der Waals surface area contributed by atoms with Crippen molar-refractivity contribution in [3.05, 3.63) is 31.6 Å². The lowest BCUT2D eigenvalue weighted by molar-refractivity contribution is 0.299. The van der Waals surface area contributed by atoms with Crippen molar-refractivity contribution in [1.29, 1.82) is 0 Å². The van der Waals surface area contributed by atoms with Gasteiger partial charge in [-0.15, -0.1) is 22.7 Å². The Balaban J connectivity index is 0.000000171. The molecule has 94 valence electrons. The van der Waals surface area contributed by atoms with Gasteiger partial charge in [0.25, 0.3) is 0 Å². The van der Waals surface area contributed by atoms with E-state index in [1.54, 1.807) is 35.1 Å². The smallest absolute Gasteiger partial charge is 0.0959 e. The van der Waals surface area contributed by atoms with Crippen LogP contribution in [0, 0.1) is 0 Å². The lowest BCUT2D eigenvalue weighted by atomic mass is 10.5. The highest BCUT2D eigenvalue weighted by atomic mass is 79.9. The van der Waals surface area contributed by atoms with Crippen molar-refractivity contribution in [2.24, 2.45) is 0 Å². The maximum Gasteiger partial charge on any atom is 0.0959 e. The molecule has 0 fully saturated rings. The largest absolute Gasteiger partial charge is 0.396 e. The molecule has 0 aromatic carbocycles. The van der Waals surface area contributed by atoms with E-state index >= 15 is 0 Å². The Morgan fingerprint density at radius 3 is 2.29 bits per heavy atom. The molecule has 2 heterocycles. The third kappa shape index (κ3) is 6.23. The summed E-state index contributed by atoms with van der Waals surface area (Å²) in [6.07, 6.45) is 4.85. The van der Waals surface area contributed by atoms with E-state index in [9.17, 15) is 0 Å². The molecule has 4 nitrogen and oxygen atoms in total. The van der Waals surface area contributed by atoms with Crippen LogP contribution in [0.1, 0.15) is 10.0 Å². The maximum absolute atomic E-state index is 8.48. The SMILES string of the molecule is OCCc1ncc(Br)s1.OCCc1nccs1. The minimum absolute atomic E-state index is 0.181. The van der Waals surface area contributed by atoms with Gasteiger partial charge in [-0.25, -0.2) is 9.97 Å². The molecule has 0 bridgehead atoms. The third-order valence-corrected chi connectivity index (χ3v) is 4.04. The Labute approximate surface area is 116 Å². The van der Waals surface area contributed by atoms with Crippen LogP contribution in [0.2, 0.25) is 0 Å². The Bertz CT molecular complexity index is 406. The van der Waals surface area contributed by atoms with Crippen LogP contribution in [0.5, 0.6) is 0 Å². The van der Waals surface area contributed by atoms with Crippen molar-refractivity contribution in [2.75, 3.05) is 13.2 Å². The minimum atomic E-state index is 0.181. The van der Waals surface area contributed by atoms with E-state index in [0.29, 0.717) is 12.8 Å². The molecule has 0 amide bonds. The summed E-state index contributed by atoms with van der Waals surface area (Å²) < 4.78 is 1.02. The molecule has 7 heteroatoms. The van der Waals surface area contributed by atoms with Crippen LogP contribution < -0.4 is 0 Å². The monoisotopic (exact) mass is 336 g/mol. The molecular formula is C10H13BrN2O2S2. The number of thiazole rings is 2. The van der Waals surface area contributed by atoms with Crippen LogP contribution in [-0.2, 0) is 12.8 Å². The molecule has 2 aromatic rings. The average molecular weight is 337 g/mol. The van der Waals surface area contributed by atoms with Gasteiger partial charge in [-0.05, 0) is 15.9 Å². The summed E-state index contributed by atoms with van der Waals surface area (Å²) in [5, 5.41) is 20.8. The first-order valence-corrected chi connectivity index (χ1v) is 7.45. The zero-order valence-electron chi connectivity index (χ0n) is 9.04. The van der Waals surface area contributed by atoms with E-state index in [-0.39, 0.29) is 13.2 Å². The van der Waals surface area contributed by atoms with Crippen LogP contribution in [0.3, 0.4) is 0 Å². The van der Waals surface area contributed by atoms with Crippen molar-refractivity contribution in [3.8, 4) is 0 Å². The predicted octanol–water partition coefficient (Wildman–Crippen LogP) is 2.12. The average Bonchev–Trinajstić information content (AvgIpc) is 2.93. The first-order valence-electron chi connectivity index (χ1n) is 4.96. The summed E-state index contributed by atoms with van der Waals surface area (Å²) in [6.45, 7) is 0.382. The minimum Gasteiger partial charge on any atom is -0.396 e. The second-order valence-electron chi connectivity index (χ2n) is 2.93. The Hall–Kier alpha value is -0.340. The summed E-state index contributed by atoms with van der Waals surface area (Å²) in [5.41, 5.74) is 0. The summed E-state index contributed by atoms with van der Waals surface area (Å²) in [4.78, 5) is 7.98. The molecule has 0 aliphatic rings. The van der Waals surface area contributed by atoms with E-state index in [2.05, 4.69) is 25.9 Å². The number of hydrogen-bond acceptors (Lipinski definition) is 6. The van der Waals surface area contributed by atoms with Crippen LogP contribution in [-0.4, -0.2) is 33.4 Å². The number of aliphatic hydroxyl groups is 2. The highest BCUT2D eigenvalue weighted by Gasteiger charge is 1.96. The van der Waals surface area contributed by atoms with E-state index in [1.807, 2.05) is 5.38 Å². The summed E-state index contributed by atoms with van der Waals surface area (Å²) in [7, 11) is 0. The molecule has 0 aliphatic carbocycles. The zero-order chi connectivity index (χ0) is 12.5. The molecule has 0 saturated carbocycles.